The standard InChI is InChI=1S/C13H15F3N2O4S.C8H9NO2/c1-10(19)17-6-8-18(9-7-17)23(20,21)12-4-2-11(3-5-12)22-13(14,15)16;10-6-9-5-7-1-3-8(11)4-2-7/h2-5H,6-9H2,1H3;1-4,6,11H,5H2,(H,9,10). The summed E-state index contributed by atoms with van der Waals surface area (Å²) in [4.78, 5) is 22.5. The van der Waals surface area contributed by atoms with E-state index in [4.69, 9.17) is 5.11 Å². The van der Waals surface area contributed by atoms with Gasteiger partial charge in [0.25, 0.3) is 0 Å². The Morgan fingerprint density at radius 3 is 2.09 bits per heavy atom. The second-order valence-electron chi connectivity index (χ2n) is 7.09. The second kappa shape index (κ2) is 11.7. The van der Waals surface area contributed by atoms with Crippen LogP contribution in [0.2, 0.25) is 0 Å². The van der Waals surface area contributed by atoms with Gasteiger partial charge in [-0.1, -0.05) is 12.1 Å². The Morgan fingerprint density at radius 2 is 1.62 bits per heavy atom. The van der Waals surface area contributed by atoms with E-state index in [0.717, 1.165) is 29.8 Å². The molecule has 9 nitrogen and oxygen atoms in total. The zero-order valence-electron chi connectivity index (χ0n) is 18.2. The molecule has 2 aromatic carbocycles. The number of ether oxygens (including phenoxy) is 1. The van der Waals surface area contributed by atoms with Crippen molar-refractivity contribution < 1.29 is 41.0 Å². The Hall–Kier alpha value is -3.32. The monoisotopic (exact) mass is 503 g/mol. The highest BCUT2D eigenvalue weighted by Crippen LogP contribution is 2.25. The number of amides is 2. The van der Waals surface area contributed by atoms with E-state index >= 15 is 0 Å². The SMILES string of the molecule is CC(=O)N1CCN(S(=O)(=O)c2ccc(OC(F)(F)F)cc2)CC1.O=CNCc1ccc(O)cc1. The van der Waals surface area contributed by atoms with Crippen molar-refractivity contribution in [2.75, 3.05) is 26.2 Å². The number of alkyl halides is 3. The molecule has 186 valence electrons. The fraction of sp³-hybridized carbons (Fsp3) is 0.333. The summed E-state index contributed by atoms with van der Waals surface area (Å²) >= 11 is 0. The quantitative estimate of drug-likeness (QED) is 0.583. The number of halogens is 3. The number of phenolic OH excluding ortho intramolecular Hbond substituents is 1. The van der Waals surface area contributed by atoms with E-state index in [1.165, 1.54) is 16.1 Å². The predicted molar refractivity (Wildman–Crippen MR) is 115 cm³/mol. The predicted octanol–water partition coefficient (Wildman–Crippen LogP) is 2.08. The summed E-state index contributed by atoms with van der Waals surface area (Å²) in [5.41, 5.74) is 0.968. The molecule has 1 aliphatic rings. The van der Waals surface area contributed by atoms with Gasteiger partial charge in [0.05, 0.1) is 4.90 Å². The third-order valence-electron chi connectivity index (χ3n) is 4.70. The van der Waals surface area contributed by atoms with Crippen LogP contribution in [0.1, 0.15) is 12.5 Å². The molecule has 1 saturated heterocycles. The third-order valence-corrected chi connectivity index (χ3v) is 6.62. The van der Waals surface area contributed by atoms with Gasteiger partial charge in [0.1, 0.15) is 11.5 Å². The fourth-order valence-corrected chi connectivity index (χ4v) is 4.40. The van der Waals surface area contributed by atoms with Crippen LogP contribution in [0.15, 0.2) is 53.4 Å². The molecule has 0 saturated carbocycles. The van der Waals surface area contributed by atoms with Gasteiger partial charge in [0, 0.05) is 39.6 Å². The summed E-state index contributed by atoms with van der Waals surface area (Å²) in [5, 5.41) is 11.4. The number of nitrogens with one attached hydrogen (secondary N) is 1. The number of carbonyl (C=O) groups excluding carboxylic acids is 2. The van der Waals surface area contributed by atoms with E-state index in [1.807, 2.05) is 0 Å². The third kappa shape index (κ3) is 8.23. The maximum atomic E-state index is 12.4. The number of hydrogen-bond donors (Lipinski definition) is 2. The Kier molecular flexibility index (Phi) is 9.27. The largest absolute Gasteiger partial charge is 0.573 e. The van der Waals surface area contributed by atoms with Crippen LogP contribution in [0.4, 0.5) is 13.2 Å². The smallest absolute Gasteiger partial charge is 0.508 e. The minimum Gasteiger partial charge on any atom is -0.508 e. The lowest BCUT2D eigenvalue weighted by atomic mass is 10.2. The molecule has 1 fully saturated rings. The zero-order chi connectivity index (χ0) is 25.4. The van der Waals surface area contributed by atoms with E-state index in [9.17, 15) is 31.2 Å². The number of hydrogen-bond acceptors (Lipinski definition) is 6. The summed E-state index contributed by atoms with van der Waals surface area (Å²) in [7, 11) is -3.81. The van der Waals surface area contributed by atoms with Gasteiger partial charge in [-0.15, -0.1) is 13.2 Å². The topological polar surface area (TPSA) is 116 Å². The number of sulfonamides is 1. The first kappa shape index (κ1) is 26.9. The molecule has 13 heteroatoms. The van der Waals surface area contributed by atoms with Gasteiger partial charge < -0.3 is 20.1 Å². The molecular weight excluding hydrogens is 479 g/mol. The first-order chi connectivity index (χ1) is 15.9. The van der Waals surface area contributed by atoms with E-state index in [2.05, 4.69) is 10.1 Å². The zero-order valence-corrected chi connectivity index (χ0v) is 19.0. The van der Waals surface area contributed by atoms with Crippen LogP contribution in [-0.2, 0) is 26.2 Å². The van der Waals surface area contributed by atoms with Crippen molar-refractivity contribution in [2.24, 2.45) is 0 Å². The Labute approximate surface area is 194 Å². The Bertz CT molecular complexity index is 1050. The maximum absolute atomic E-state index is 12.4. The Morgan fingerprint density at radius 1 is 1.06 bits per heavy atom. The van der Waals surface area contributed by atoms with Crippen molar-refractivity contribution in [2.45, 2.75) is 24.7 Å². The summed E-state index contributed by atoms with van der Waals surface area (Å²) < 4.78 is 66.0. The van der Waals surface area contributed by atoms with E-state index in [0.29, 0.717) is 13.0 Å². The van der Waals surface area contributed by atoms with Gasteiger partial charge in [0.15, 0.2) is 0 Å². The normalized spacial score (nSPS) is 14.5. The highest BCUT2D eigenvalue weighted by Gasteiger charge is 2.32. The number of rotatable bonds is 6. The van der Waals surface area contributed by atoms with Crippen molar-refractivity contribution in [1.29, 1.82) is 0 Å². The first-order valence-corrected chi connectivity index (χ1v) is 11.4. The first-order valence-electron chi connectivity index (χ1n) is 9.99. The number of aromatic hydroxyl groups is 1. The highest BCUT2D eigenvalue weighted by atomic mass is 32.2. The van der Waals surface area contributed by atoms with Crippen LogP contribution < -0.4 is 10.1 Å². The molecule has 0 aromatic heterocycles. The van der Waals surface area contributed by atoms with Crippen molar-refractivity contribution >= 4 is 22.3 Å². The highest BCUT2D eigenvalue weighted by molar-refractivity contribution is 7.89. The van der Waals surface area contributed by atoms with Crippen LogP contribution in [0.5, 0.6) is 11.5 Å². The molecule has 0 aliphatic carbocycles. The van der Waals surface area contributed by atoms with E-state index < -0.39 is 22.1 Å². The Balaban J connectivity index is 0.000000310. The number of phenols is 1. The maximum Gasteiger partial charge on any atom is 0.573 e. The van der Waals surface area contributed by atoms with Gasteiger partial charge in [-0.25, -0.2) is 8.42 Å². The van der Waals surface area contributed by atoms with Crippen molar-refractivity contribution in [1.82, 2.24) is 14.5 Å². The van der Waals surface area contributed by atoms with E-state index in [1.54, 1.807) is 24.3 Å². The average molecular weight is 503 g/mol. The lowest BCUT2D eigenvalue weighted by molar-refractivity contribution is -0.274. The van der Waals surface area contributed by atoms with E-state index in [-0.39, 0.29) is 42.7 Å². The fourth-order valence-electron chi connectivity index (χ4n) is 2.98. The van der Waals surface area contributed by atoms with Gasteiger partial charge >= 0.3 is 6.36 Å². The summed E-state index contributed by atoms with van der Waals surface area (Å²) in [6.07, 6.45) is -4.18. The van der Waals surface area contributed by atoms with Crippen LogP contribution >= 0.6 is 0 Å². The second-order valence-corrected chi connectivity index (χ2v) is 9.03. The molecule has 1 heterocycles. The summed E-state index contributed by atoms with van der Waals surface area (Å²) in [6, 6.07) is 10.7. The number of carbonyl (C=O) groups is 2. The minimum atomic E-state index is -4.83. The molecule has 2 amide bonds. The summed E-state index contributed by atoms with van der Waals surface area (Å²) in [5.74, 6) is -0.381. The number of piperazine rings is 1. The van der Waals surface area contributed by atoms with Gasteiger partial charge in [-0.05, 0) is 42.0 Å². The molecule has 3 rings (SSSR count). The van der Waals surface area contributed by atoms with Gasteiger partial charge in [0.2, 0.25) is 22.3 Å². The van der Waals surface area contributed by atoms with Crippen LogP contribution in [0.3, 0.4) is 0 Å². The molecule has 34 heavy (non-hydrogen) atoms. The summed E-state index contributed by atoms with van der Waals surface area (Å²) in [6.45, 7) is 2.76. The lowest BCUT2D eigenvalue weighted by Gasteiger charge is -2.33. The molecule has 0 bridgehead atoms. The van der Waals surface area contributed by atoms with Crippen molar-refractivity contribution in [3.63, 3.8) is 0 Å². The van der Waals surface area contributed by atoms with Crippen LogP contribution in [0, 0.1) is 0 Å². The molecule has 0 atom stereocenters. The van der Waals surface area contributed by atoms with Crippen LogP contribution in [0.25, 0.3) is 0 Å². The molecule has 2 aromatic rings. The van der Waals surface area contributed by atoms with Crippen molar-refractivity contribution in [3.8, 4) is 11.5 Å². The minimum absolute atomic E-state index is 0.122. The van der Waals surface area contributed by atoms with Gasteiger partial charge in [-0.3, -0.25) is 9.59 Å². The van der Waals surface area contributed by atoms with Gasteiger partial charge in [-0.2, -0.15) is 4.31 Å². The number of nitrogens with zero attached hydrogens (tertiary/aromatic N) is 2. The molecule has 2 N–H and O–H groups in total. The molecule has 0 radical (unpaired) electrons. The molecule has 1 aliphatic heterocycles. The number of benzene rings is 2. The van der Waals surface area contributed by atoms with Crippen LogP contribution in [-0.4, -0.2) is 67.6 Å². The lowest BCUT2D eigenvalue weighted by Crippen LogP contribution is -2.49. The molecular formula is C21H24F3N3O6S. The average Bonchev–Trinajstić information content (AvgIpc) is 2.78. The van der Waals surface area contributed by atoms with Crippen molar-refractivity contribution in [3.05, 3.63) is 54.1 Å². The molecule has 0 unspecified atom stereocenters. The molecule has 0 spiro atoms.